The predicted octanol–water partition coefficient (Wildman–Crippen LogP) is 6.38. The number of amides is 1. The molecule has 0 atom stereocenters. The van der Waals surface area contributed by atoms with E-state index in [9.17, 15) is 13.2 Å². The van der Waals surface area contributed by atoms with Gasteiger partial charge < -0.3 is 5.32 Å². The van der Waals surface area contributed by atoms with Gasteiger partial charge in [0, 0.05) is 44.9 Å². The maximum absolute atomic E-state index is 13.2. The van der Waals surface area contributed by atoms with Crippen LogP contribution in [0.4, 0.5) is 5.69 Å². The van der Waals surface area contributed by atoms with Crippen LogP contribution in [0.25, 0.3) is 22.4 Å². The molecular formula is C25H18Cl2N2O3S. The van der Waals surface area contributed by atoms with E-state index < -0.39 is 15.7 Å². The Morgan fingerprint density at radius 2 is 1.70 bits per heavy atom. The van der Waals surface area contributed by atoms with E-state index >= 15 is 0 Å². The number of hydrogen-bond acceptors (Lipinski definition) is 4. The van der Waals surface area contributed by atoms with Gasteiger partial charge in [-0.05, 0) is 60.2 Å². The van der Waals surface area contributed by atoms with E-state index in [2.05, 4.69) is 10.3 Å². The number of rotatable bonds is 5. The third-order valence-corrected chi connectivity index (χ3v) is 6.62. The summed E-state index contributed by atoms with van der Waals surface area (Å²) in [6.45, 7) is 0. The van der Waals surface area contributed by atoms with Gasteiger partial charge in [-0.15, -0.1) is 0 Å². The molecule has 4 rings (SSSR count). The quantitative estimate of drug-likeness (QED) is 0.347. The Labute approximate surface area is 201 Å². The topological polar surface area (TPSA) is 76.1 Å². The van der Waals surface area contributed by atoms with Gasteiger partial charge in [0.15, 0.2) is 9.84 Å². The van der Waals surface area contributed by atoms with Crippen LogP contribution in [-0.4, -0.2) is 25.6 Å². The molecule has 166 valence electrons. The van der Waals surface area contributed by atoms with Crippen molar-refractivity contribution in [2.24, 2.45) is 0 Å². The van der Waals surface area contributed by atoms with Gasteiger partial charge in [0.1, 0.15) is 0 Å². The molecule has 0 bridgehead atoms. The molecule has 0 spiro atoms. The number of nitrogens with zero attached hydrogens (tertiary/aromatic N) is 1. The zero-order valence-electron chi connectivity index (χ0n) is 17.4. The fourth-order valence-electron chi connectivity index (χ4n) is 3.37. The van der Waals surface area contributed by atoms with Crippen LogP contribution in [0.15, 0.2) is 90.0 Å². The van der Waals surface area contributed by atoms with Crippen molar-refractivity contribution >= 4 is 44.6 Å². The van der Waals surface area contributed by atoms with Crippen LogP contribution in [-0.2, 0) is 9.84 Å². The Morgan fingerprint density at radius 1 is 0.879 bits per heavy atom. The molecule has 4 aromatic rings. The van der Waals surface area contributed by atoms with Gasteiger partial charge in [0.05, 0.1) is 10.6 Å². The van der Waals surface area contributed by atoms with Crippen molar-refractivity contribution < 1.29 is 13.2 Å². The van der Waals surface area contributed by atoms with Crippen molar-refractivity contribution in [2.75, 3.05) is 11.6 Å². The Kier molecular flexibility index (Phi) is 6.51. The van der Waals surface area contributed by atoms with Crippen LogP contribution in [0.3, 0.4) is 0 Å². The number of carbonyl (C=O) groups is 1. The molecule has 33 heavy (non-hydrogen) atoms. The minimum atomic E-state index is -3.50. The molecule has 8 heteroatoms. The minimum absolute atomic E-state index is 0.0808. The minimum Gasteiger partial charge on any atom is -0.322 e. The fourth-order valence-corrected chi connectivity index (χ4v) is 4.53. The van der Waals surface area contributed by atoms with Crippen molar-refractivity contribution in [2.45, 2.75) is 4.90 Å². The summed E-state index contributed by atoms with van der Waals surface area (Å²) < 4.78 is 24.3. The van der Waals surface area contributed by atoms with Crippen LogP contribution in [0.5, 0.6) is 0 Å². The standard InChI is InChI=1S/C25H18Cl2N2O3S/c1-33(31,32)19-9-11-21(22(15-19)20-10-8-17(26)14-23(20)27)25(30)29-18-6-4-5-16(13-18)24-7-2-3-12-28-24/h2-15H,1H3,(H,29,30). The Hall–Kier alpha value is -3.19. The lowest BCUT2D eigenvalue weighted by Gasteiger charge is -2.14. The highest BCUT2D eigenvalue weighted by Crippen LogP contribution is 2.34. The maximum atomic E-state index is 13.2. The molecule has 1 amide bonds. The first kappa shape index (κ1) is 23.0. The lowest BCUT2D eigenvalue weighted by Crippen LogP contribution is -2.14. The molecule has 0 unspecified atom stereocenters. The average Bonchev–Trinajstić information content (AvgIpc) is 2.79. The molecule has 0 radical (unpaired) electrons. The molecule has 1 aromatic heterocycles. The lowest BCUT2D eigenvalue weighted by molar-refractivity contribution is 0.102. The molecule has 0 aliphatic carbocycles. The molecular weight excluding hydrogens is 479 g/mol. The lowest BCUT2D eigenvalue weighted by atomic mass is 9.99. The summed E-state index contributed by atoms with van der Waals surface area (Å²) in [7, 11) is -3.50. The Balaban J connectivity index is 1.75. The van der Waals surface area contributed by atoms with E-state index in [4.69, 9.17) is 23.2 Å². The molecule has 0 fully saturated rings. The van der Waals surface area contributed by atoms with Gasteiger partial charge in [-0.1, -0.05) is 47.5 Å². The number of benzene rings is 3. The number of carbonyl (C=O) groups excluding carboxylic acids is 1. The molecule has 0 aliphatic rings. The number of sulfone groups is 1. The Morgan fingerprint density at radius 3 is 2.39 bits per heavy atom. The molecule has 3 aromatic carbocycles. The van der Waals surface area contributed by atoms with Crippen molar-refractivity contribution in [3.63, 3.8) is 0 Å². The van der Waals surface area contributed by atoms with Crippen molar-refractivity contribution in [1.29, 1.82) is 0 Å². The van der Waals surface area contributed by atoms with E-state index in [0.29, 0.717) is 26.9 Å². The molecule has 1 heterocycles. The van der Waals surface area contributed by atoms with E-state index in [1.165, 1.54) is 18.2 Å². The Bertz CT molecular complexity index is 1460. The molecule has 5 nitrogen and oxygen atoms in total. The summed E-state index contributed by atoms with van der Waals surface area (Å²) in [5.74, 6) is -0.408. The van der Waals surface area contributed by atoms with Crippen LogP contribution >= 0.6 is 23.2 Å². The molecule has 0 saturated heterocycles. The van der Waals surface area contributed by atoms with Crippen LogP contribution in [0.1, 0.15) is 10.4 Å². The van der Waals surface area contributed by atoms with Crippen LogP contribution < -0.4 is 5.32 Å². The summed E-state index contributed by atoms with van der Waals surface area (Å²) in [5, 5.41) is 3.62. The van der Waals surface area contributed by atoms with Crippen molar-refractivity contribution in [1.82, 2.24) is 4.98 Å². The summed E-state index contributed by atoms with van der Waals surface area (Å²) in [6, 6.07) is 22.1. The highest BCUT2D eigenvalue weighted by Gasteiger charge is 2.19. The zero-order valence-corrected chi connectivity index (χ0v) is 19.7. The van der Waals surface area contributed by atoms with Crippen molar-refractivity contribution in [3.05, 3.63) is 101 Å². The number of aromatic nitrogens is 1. The maximum Gasteiger partial charge on any atom is 0.256 e. The first-order chi connectivity index (χ1) is 15.7. The van der Waals surface area contributed by atoms with Gasteiger partial charge in [-0.3, -0.25) is 9.78 Å². The third kappa shape index (κ3) is 5.25. The summed E-state index contributed by atoms with van der Waals surface area (Å²) >= 11 is 12.4. The monoisotopic (exact) mass is 496 g/mol. The number of halogens is 2. The first-order valence-electron chi connectivity index (χ1n) is 9.85. The van der Waals surface area contributed by atoms with Crippen molar-refractivity contribution in [3.8, 4) is 22.4 Å². The smallest absolute Gasteiger partial charge is 0.256 e. The average molecular weight is 497 g/mol. The largest absolute Gasteiger partial charge is 0.322 e. The third-order valence-electron chi connectivity index (χ3n) is 4.97. The number of pyridine rings is 1. The molecule has 0 saturated carbocycles. The predicted molar refractivity (Wildman–Crippen MR) is 133 cm³/mol. The number of anilines is 1. The van der Waals surface area contributed by atoms with Gasteiger partial charge in [0.2, 0.25) is 0 Å². The van der Waals surface area contributed by atoms with Gasteiger partial charge in [-0.2, -0.15) is 0 Å². The highest BCUT2D eigenvalue weighted by molar-refractivity contribution is 7.90. The van der Waals surface area contributed by atoms with Gasteiger partial charge in [-0.25, -0.2) is 8.42 Å². The van der Waals surface area contributed by atoms with E-state index in [1.807, 2.05) is 36.4 Å². The SMILES string of the molecule is CS(=O)(=O)c1ccc(C(=O)Nc2cccc(-c3ccccn3)c2)c(-c2ccc(Cl)cc2Cl)c1. The van der Waals surface area contributed by atoms with Crippen LogP contribution in [0, 0.1) is 0 Å². The first-order valence-corrected chi connectivity index (χ1v) is 12.5. The number of hydrogen-bond donors (Lipinski definition) is 1. The van der Waals surface area contributed by atoms with E-state index in [-0.39, 0.29) is 10.5 Å². The number of nitrogens with one attached hydrogen (secondary N) is 1. The van der Waals surface area contributed by atoms with E-state index in [1.54, 1.807) is 30.5 Å². The van der Waals surface area contributed by atoms with Crippen LogP contribution in [0.2, 0.25) is 10.0 Å². The normalized spacial score (nSPS) is 11.2. The second-order valence-corrected chi connectivity index (χ2v) is 10.2. The summed E-state index contributed by atoms with van der Waals surface area (Å²) in [5.41, 5.74) is 3.36. The zero-order chi connectivity index (χ0) is 23.6. The van der Waals surface area contributed by atoms with E-state index in [0.717, 1.165) is 17.5 Å². The second kappa shape index (κ2) is 9.35. The second-order valence-electron chi connectivity index (χ2n) is 7.35. The molecule has 0 aliphatic heterocycles. The van der Waals surface area contributed by atoms with Gasteiger partial charge in [0.25, 0.3) is 5.91 Å². The summed E-state index contributed by atoms with van der Waals surface area (Å²) in [6.07, 6.45) is 2.81. The summed E-state index contributed by atoms with van der Waals surface area (Å²) in [4.78, 5) is 17.7. The fraction of sp³-hybridized carbons (Fsp3) is 0.0400. The van der Waals surface area contributed by atoms with Gasteiger partial charge >= 0.3 is 0 Å². The molecule has 1 N–H and O–H groups in total. The highest BCUT2D eigenvalue weighted by atomic mass is 35.5.